The van der Waals surface area contributed by atoms with Crippen LogP contribution in [0.15, 0.2) is 37.1 Å². The Morgan fingerprint density at radius 3 is 2.90 bits per heavy atom. The Morgan fingerprint density at radius 1 is 1.29 bits per heavy atom. The number of nitrogens with zero attached hydrogens (tertiary/aromatic N) is 4. The number of fused-ring (bicyclic) bond motifs is 1. The Morgan fingerprint density at radius 2 is 2.14 bits per heavy atom. The fourth-order valence-corrected chi connectivity index (χ4v) is 1.80. The van der Waals surface area contributed by atoms with Gasteiger partial charge in [0, 0.05) is 12.1 Å². The van der Waals surface area contributed by atoms with Crippen molar-refractivity contribution in [3.63, 3.8) is 0 Å². The Bertz CT molecular complexity index is 818. The van der Waals surface area contributed by atoms with Crippen LogP contribution in [0, 0.1) is 5.82 Å². The third-order valence-electron chi connectivity index (χ3n) is 2.67. The third kappa shape index (κ3) is 2.50. The van der Waals surface area contributed by atoms with Gasteiger partial charge in [-0.05, 0) is 0 Å². The summed E-state index contributed by atoms with van der Waals surface area (Å²) in [5, 5.41) is 3.94. The van der Waals surface area contributed by atoms with E-state index in [-0.39, 0.29) is 17.1 Å². The molecule has 0 amide bonds. The van der Waals surface area contributed by atoms with E-state index < -0.39 is 11.8 Å². The molecule has 0 aliphatic carbocycles. The summed E-state index contributed by atoms with van der Waals surface area (Å²) in [7, 11) is 1.26. The van der Waals surface area contributed by atoms with Crippen LogP contribution in [0.4, 0.5) is 4.39 Å². The Kier molecular flexibility index (Phi) is 3.19. The summed E-state index contributed by atoms with van der Waals surface area (Å²) in [6.07, 6.45) is 5.23. The molecule has 3 aromatic heterocycles. The highest BCUT2D eigenvalue weighted by Crippen LogP contribution is 2.24. The smallest absolute Gasteiger partial charge is 0.341 e. The van der Waals surface area contributed by atoms with Crippen LogP contribution in [0.2, 0.25) is 0 Å². The minimum absolute atomic E-state index is 0.192. The standard InChI is InChI=1S/C13H9FN4O3/c1-20-13(19)11-3-10(6-18-12(11)16-7-17-18)21-9-2-8(14)4-15-5-9/h2-7H,1H3. The van der Waals surface area contributed by atoms with Gasteiger partial charge in [0.05, 0.1) is 25.7 Å². The van der Waals surface area contributed by atoms with Crippen molar-refractivity contribution < 1.29 is 18.7 Å². The van der Waals surface area contributed by atoms with Crippen LogP contribution in [0.1, 0.15) is 10.4 Å². The predicted octanol–water partition coefficient (Wildman–Crippen LogP) is 1.84. The van der Waals surface area contributed by atoms with Crippen molar-refractivity contribution in [2.45, 2.75) is 0 Å². The molecule has 0 spiro atoms. The third-order valence-corrected chi connectivity index (χ3v) is 2.67. The van der Waals surface area contributed by atoms with Gasteiger partial charge in [0.1, 0.15) is 29.2 Å². The maximum atomic E-state index is 13.1. The van der Waals surface area contributed by atoms with E-state index in [0.717, 1.165) is 6.20 Å². The molecule has 0 atom stereocenters. The lowest BCUT2D eigenvalue weighted by Crippen LogP contribution is -2.05. The van der Waals surface area contributed by atoms with Crippen molar-refractivity contribution >= 4 is 11.6 Å². The minimum Gasteiger partial charge on any atom is -0.465 e. The van der Waals surface area contributed by atoms with Crippen molar-refractivity contribution in [2.24, 2.45) is 0 Å². The van der Waals surface area contributed by atoms with Crippen LogP contribution in [-0.2, 0) is 4.74 Å². The summed E-state index contributed by atoms with van der Waals surface area (Å²) in [6.45, 7) is 0. The van der Waals surface area contributed by atoms with E-state index in [4.69, 9.17) is 9.47 Å². The van der Waals surface area contributed by atoms with Crippen LogP contribution >= 0.6 is 0 Å². The quantitative estimate of drug-likeness (QED) is 0.684. The van der Waals surface area contributed by atoms with E-state index >= 15 is 0 Å². The summed E-state index contributed by atoms with van der Waals surface area (Å²) in [5.41, 5.74) is 0.531. The highest BCUT2D eigenvalue weighted by Gasteiger charge is 2.15. The van der Waals surface area contributed by atoms with Crippen molar-refractivity contribution in [3.05, 3.63) is 48.4 Å². The molecule has 0 fully saturated rings. The van der Waals surface area contributed by atoms with Crippen LogP contribution in [-0.4, -0.2) is 32.7 Å². The lowest BCUT2D eigenvalue weighted by Gasteiger charge is -2.08. The number of aromatic nitrogens is 4. The number of rotatable bonds is 3. The molecule has 0 radical (unpaired) electrons. The summed E-state index contributed by atoms with van der Waals surface area (Å²) < 4.78 is 24.6. The summed E-state index contributed by atoms with van der Waals surface area (Å²) in [4.78, 5) is 19.4. The molecule has 0 saturated carbocycles. The highest BCUT2D eigenvalue weighted by molar-refractivity contribution is 5.96. The SMILES string of the molecule is COC(=O)c1cc(Oc2cncc(F)c2)cn2ncnc12. The second kappa shape index (κ2) is 5.16. The van der Waals surface area contributed by atoms with Gasteiger partial charge in [0.2, 0.25) is 0 Å². The van der Waals surface area contributed by atoms with Gasteiger partial charge in [-0.3, -0.25) is 4.98 Å². The molecule has 0 N–H and O–H groups in total. The Labute approximate surface area is 118 Å². The maximum Gasteiger partial charge on any atom is 0.341 e. The fraction of sp³-hybridized carbons (Fsp3) is 0.0769. The fourth-order valence-electron chi connectivity index (χ4n) is 1.80. The van der Waals surface area contributed by atoms with Gasteiger partial charge < -0.3 is 9.47 Å². The molecular weight excluding hydrogens is 279 g/mol. The number of hydrogen-bond acceptors (Lipinski definition) is 6. The maximum absolute atomic E-state index is 13.1. The van der Waals surface area contributed by atoms with Gasteiger partial charge in [-0.25, -0.2) is 18.7 Å². The van der Waals surface area contributed by atoms with E-state index in [1.165, 1.54) is 42.5 Å². The number of hydrogen-bond donors (Lipinski definition) is 0. The van der Waals surface area contributed by atoms with Gasteiger partial charge >= 0.3 is 5.97 Å². The van der Waals surface area contributed by atoms with Gasteiger partial charge in [-0.2, -0.15) is 5.10 Å². The molecule has 0 aliphatic rings. The van der Waals surface area contributed by atoms with E-state index in [2.05, 4.69) is 15.1 Å². The largest absolute Gasteiger partial charge is 0.465 e. The highest BCUT2D eigenvalue weighted by atomic mass is 19.1. The average molecular weight is 288 g/mol. The lowest BCUT2D eigenvalue weighted by molar-refractivity contribution is 0.0602. The normalized spacial score (nSPS) is 10.6. The summed E-state index contributed by atoms with van der Waals surface area (Å²) in [5.74, 6) is -0.621. The topological polar surface area (TPSA) is 78.6 Å². The monoisotopic (exact) mass is 288 g/mol. The number of ether oxygens (including phenoxy) is 2. The van der Waals surface area contributed by atoms with Crippen LogP contribution < -0.4 is 4.74 Å². The molecule has 0 aliphatic heterocycles. The summed E-state index contributed by atoms with van der Waals surface area (Å²) >= 11 is 0. The average Bonchev–Trinajstić information content (AvgIpc) is 2.94. The number of carbonyl (C=O) groups is 1. The van der Waals surface area contributed by atoms with Gasteiger partial charge in [-0.1, -0.05) is 0 Å². The lowest BCUT2D eigenvalue weighted by atomic mass is 10.2. The molecule has 106 valence electrons. The van der Waals surface area contributed by atoms with Crippen molar-refractivity contribution in [2.75, 3.05) is 7.11 Å². The first kappa shape index (κ1) is 13.0. The summed E-state index contributed by atoms with van der Waals surface area (Å²) in [6, 6.07) is 2.62. The minimum atomic E-state index is -0.573. The number of methoxy groups -OCH3 is 1. The molecule has 21 heavy (non-hydrogen) atoms. The number of carbonyl (C=O) groups excluding carboxylic acids is 1. The number of halogens is 1. The predicted molar refractivity (Wildman–Crippen MR) is 68.6 cm³/mol. The van der Waals surface area contributed by atoms with Crippen LogP contribution in [0.3, 0.4) is 0 Å². The number of pyridine rings is 2. The van der Waals surface area contributed by atoms with Gasteiger partial charge in [0.25, 0.3) is 0 Å². The van der Waals surface area contributed by atoms with Crippen molar-refractivity contribution in [1.82, 2.24) is 19.6 Å². The van der Waals surface area contributed by atoms with E-state index in [1.54, 1.807) is 0 Å². The van der Waals surface area contributed by atoms with Gasteiger partial charge in [-0.15, -0.1) is 0 Å². The van der Waals surface area contributed by atoms with E-state index in [0.29, 0.717) is 5.65 Å². The molecule has 0 unspecified atom stereocenters. The Balaban J connectivity index is 2.04. The first-order valence-electron chi connectivity index (χ1n) is 5.87. The van der Waals surface area contributed by atoms with Crippen LogP contribution in [0.25, 0.3) is 5.65 Å². The molecule has 0 bridgehead atoms. The molecule has 0 aromatic carbocycles. The zero-order valence-corrected chi connectivity index (χ0v) is 10.9. The van der Waals surface area contributed by atoms with Gasteiger partial charge in [0.15, 0.2) is 5.65 Å². The molecule has 3 heterocycles. The van der Waals surface area contributed by atoms with E-state index in [9.17, 15) is 9.18 Å². The van der Waals surface area contributed by atoms with Crippen molar-refractivity contribution in [1.29, 1.82) is 0 Å². The molecular formula is C13H9FN4O3. The Hall–Kier alpha value is -3.03. The number of esters is 1. The second-order valence-corrected chi connectivity index (χ2v) is 4.05. The zero-order chi connectivity index (χ0) is 14.8. The van der Waals surface area contributed by atoms with Crippen LogP contribution in [0.5, 0.6) is 11.5 Å². The molecule has 7 nitrogen and oxygen atoms in total. The van der Waals surface area contributed by atoms with Crippen molar-refractivity contribution in [3.8, 4) is 11.5 Å². The van der Waals surface area contributed by atoms with E-state index in [1.807, 2.05) is 0 Å². The zero-order valence-electron chi connectivity index (χ0n) is 10.9. The molecule has 3 rings (SSSR count). The first-order chi connectivity index (χ1) is 10.2. The second-order valence-electron chi connectivity index (χ2n) is 4.05. The molecule has 0 saturated heterocycles. The first-order valence-corrected chi connectivity index (χ1v) is 5.87. The molecule has 3 aromatic rings. The molecule has 8 heteroatoms.